The molecule has 0 atom stereocenters. The van der Waals surface area contributed by atoms with E-state index in [1.807, 2.05) is 11.6 Å². The zero-order chi connectivity index (χ0) is 18.1. The van der Waals surface area contributed by atoms with E-state index < -0.39 is 11.7 Å². The number of hydrogen-bond donors (Lipinski definition) is 1. The third-order valence-corrected chi connectivity index (χ3v) is 5.51. The fourth-order valence-electron chi connectivity index (χ4n) is 2.18. The van der Waals surface area contributed by atoms with Crippen LogP contribution in [-0.2, 0) is 14.1 Å². The fourth-order valence-corrected chi connectivity index (χ4v) is 3.43. The second-order valence-electron chi connectivity index (χ2n) is 5.24. The van der Waals surface area contributed by atoms with Gasteiger partial charge in [-0.15, -0.1) is 0 Å². The summed E-state index contributed by atoms with van der Waals surface area (Å²) in [7, 11) is 3.48. The van der Waals surface area contributed by atoms with Crippen molar-refractivity contribution in [2.45, 2.75) is 10.1 Å². The maximum Gasteiger partial charge on any atom is 0.272 e. The van der Waals surface area contributed by atoms with Crippen LogP contribution in [0.5, 0.6) is 0 Å². The Morgan fingerprint density at radius 2 is 2.04 bits per heavy atom. The van der Waals surface area contributed by atoms with Crippen LogP contribution in [0.2, 0.25) is 10.2 Å². The minimum absolute atomic E-state index is 0.258. The third kappa shape index (κ3) is 3.68. The Kier molecular flexibility index (Phi) is 5.08. The van der Waals surface area contributed by atoms with Crippen molar-refractivity contribution >= 4 is 46.6 Å². The number of hydrogen-bond acceptors (Lipinski definition) is 3. The molecule has 0 unspecified atom stereocenters. The number of nitrogens with zero attached hydrogens (tertiary/aromatic N) is 3. The highest BCUT2D eigenvalue weighted by Crippen LogP contribution is 2.33. The monoisotopic (exact) mass is 398 g/mol. The van der Waals surface area contributed by atoms with Crippen molar-refractivity contribution < 1.29 is 9.18 Å². The summed E-state index contributed by atoms with van der Waals surface area (Å²) in [4.78, 5) is 17.4. The highest BCUT2D eigenvalue weighted by molar-refractivity contribution is 7.99. The third-order valence-electron chi connectivity index (χ3n) is 3.52. The predicted octanol–water partition coefficient (Wildman–Crippen LogP) is 4.61. The molecule has 130 valence electrons. The Hall–Kier alpha value is -1.96. The van der Waals surface area contributed by atoms with Crippen molar-refractivity contribution in [2.75, 3.05) is 5.32 Å². The first-order valence-corrected chi connectivity index (χ1v) is 8.71. The molecule has 1 N–H and O–H groups in total. The van der Waals surface area contributed by atoms with Gasteiger partial charge in [-0.1, -0.05) is 23.2 Å². The van der Waals surface area contributed by atoms with Crippen molar-refractivity contribution in [3.63, 3.8) is 0 Å². The molecule has 3 aromatic rings. The summed E-state index contributed by atoms with van der Waals surface area (Å²) in [5.74, 6) is -0.897. The molecule has 0 spiro atoms. The van der Waals surface area contributed by atoms with Gasteiger partial charge in [-0.3, -0.25) is 4.79 Å². The van der Waals surface area contributed by atoms with Gasteiger partial charge in [-0.05, 0) is 36.0 Å². The van der Waals surface area contributed by atoms with E-state index in [1.165, 1.54) is 34.5 Å². The maximum absolute atomic E-state index is 13.7. The average Bonchev–Trinajstić information content (AvgIpc) is 3.08. The molecule has 0 aliphatic heterocycles. The van der Waals surface area contributed by atoms with Crippen LogP contribution in [0.3, 0.4) is 0 Å². The molecule has 2 aromatic heterocycles. The van der Waals surface area contributed by atoms with Crippen molar-refractivity contribution in [2.24, 2.45) is 14.1 Å². The number of amides is 1. The predicted molar refractivity (Wildman–Crippen MR) is 97.1 cm³/mol. The van der Waals surface area contributed by atoms with E-state index in [9.17, 15) is 9.18 Å². The Labute approximate surface area is 157 Å². The molecule has 2 heterocycles. The summed E-state index contributed by atoms with van der Waals surface area (Å²) >= 11 is 13.3. The smallest absolute Gasteiger partial charge is 0.272 e. The standard InChI is InChI=1S/C16H13Cl2FN4OS/c1-22-6-5-20-16(22)25-13-4-3-9(19)7-11(13)21-15(24)12-8-10(17)14(18)23(12)2/h3-8H,1-2H3,(H,21,24). The van der Waals surface area contributed by atoms with E-state index in [-0.39, 0.29) is 15.9 Å². The van der Waals surface area contributed by atoms with E-state index in [4.69, 9.17) is 23.2 Å². The average molecular weight is 399 g/mol. The topological polar surface area (TPSA) is 51.9 Å². The molecule has 0 saturated heterocycles. The second-order valence-corrected chi connectivity index (χ2v) is 7.02. The van der Waals surface area contributed by atoms with Crippen molar-refractivity contribution in [1.82, 2.24) is 14.1 Å². The molecule has 1 amide bonds. The van der Waals surface area contributed by atoms with E-state index in [2.05, 4.69) is 10.3 Å². The van der Waals surface area contributed by atoms with E-state index in [0.717, 1.165) is 0 Å². The highest BCUT2D eigenvalue weighted by atomic mass is 35.5. The summed E-state index contributed by atoms with van der Waals surface area (Å²) in [5, 5.41) is 3.95. The largest absolute Gasteiger partial charge is 0.329 e. The lowest BCUT2D eigenvalue weighted by molar-refractivity contribution is 0.101. The fraction of sp³-hybridized carbons (Fsp3) is 0.125. The van der Waals surface area contributed by atoms with Crippen molar-refractivity contribution in [3.8, 4) is 0 Å². The number of carbonyl (C=O) groups is 1. The number of carbonyl (C=O) groups excluding carboxylic acids is 1. The van der Waals surface area contributed by atoms with Gasteiger partial charge in [-0.25, -0.2) is 9.37 Å². The molecule has 25 heavy (non-hydrogen) atoms. The summed E-state index contributed by atoms with van der Waals surface area (Å²) in [6.45, 7) is 0. The van der Waals surface area contributed by atoms with Crippen LogP contribution in [0.25, 0.3) is 0 Å². The van der Waals surface area contributed by atoms with Gasteiger partial charge in [-0.2, -0.15) is 0 Å². The number of benzene rings is 1. The number of anilines is 1. The van der Waals surface area contributed by atoms with Gasteiger partial charge < -0.3 is 14.5 Å². The molecule has 1 aromatic carbocycles. The van der Waals surface area contributed by atoms with Crippen LogP contribution in [-0.4, -0.2) is 20.0 Å². The zero-order valence-corrected chi connectivity index (χ0v) is 15.6. The summed E-state index contributed by atoms with van der Waals surface area (Å²) in [6.07, 6.45) is 3.47. The van der Waals surface area contributed by atoms with Crippen LogP contribution in [0.15, 0.2) is 46.7 Å². The molecule has 0 radical (unpaired) electrons. The Morgan fingerprint density at radius 3 is 2.64 bits per heavy atom. The first-order chi connectivity index (χ1) is 11.9. The molecular formula is C16H13Cl2FN4OS. The molecule has 0 saturated carbocycles. The normalized spacial score (nSPS) is 10.9. The first-order valence-electron chi connectivity index (χ1n) is 7.13. The number of aryl methyl sites for hydroxylation is 1. The summed E-state index contributed by atoms with van der Waals surface area (Å²) in [6, 6.07) is 5.64. The van der Waals surface area contributed by atoms with Crippen LogP contribution in [0.1, 0.15) is 10.5 Å². The van der Waals surface area contributed by atoms with E-state index >= 15 is 0 Å². The van der Waals surface area contributed by atoms with Crippen LogP contribution >= 0.6 is 35.0 Å². The quantitative estimate of drug-likeness (QED) is 0.697. The number of rotatable bonds is 4. The Balaban J connectivity index is 1.91. The number of aromatic nitrogens is 3. The first kappa shape index (κ1) is 17.8. The van der Waals surface area contributed by atoms with Crippen LogP contribution in [0, 0.1) is 5.82 Å². The summed E-state index contributed by atoms with van der Waals surface area (Å²) in [5.41, 5.74) is 0.610. The number of imidazole rings is 1. The highest BCUT2D eigenvalue weighted by Gasteiger charge is 2.18. The minimum Gasteiger partial charge on any atom is -0.329 e. The molecule has 5 nitrogen and oxygen atoms in total. The minimum atomic E-state index is -0.456. The van der Waals surface area contributed by atoms with Crippen LogP contribution in [0.4, 0.5) is 10.1 Å². The van der Waals surface area contributed by atoms with Crippen molar-refractivity contribution in [1.29, 1.82) is 0 Å². The zero-order valence-electron chi connectivity index (χ0n) is 13.3. The van der Waals surface area contributed by atoms with E-state index in [1.54, 1.807) is 25.5 Å². The SMILES string of the molecule is Cn1ccnc1Sc1ccc(F)cc1NC(=O)c1cc(Cl)c(Cl)n1C. The van der Waals surface area contributed by atoms with Gasteiger partial charge in [0.2, 0.25) is 0 Å². The Bertz CT molecular complexity index is 954. The number of halogens is 3. The lowest BCUT2D eigenvalue weighted by Crippen LogP contribution is -2.16. The van der Waals surface area contributed by atoms with Crippen LogP contribution < -0.4 is 5.32 Å². The molecule has 0 bridgehead atoms. The van der Waals surface area contributed by atoms with Crippen molar-refractivity contribution in [3.05, 3.63) is 58.3 Å². The second kappa shape index (κ2) is 7.11. The van der Waals surface area contributed by atoms with Gasteiger partial charge in [0.25, 0.3) is 5.91 Å². The lowest BCUT2D eigenvalue weighted by atomic mass is 10.3. The molecule has 9 heteroatoms. The maximum atomic E-state index is 13.7. The van der Waals surface area contributed by atoms with Gasteiger partial charge in [0, 0.05) is 31.4 Å². The van der Waals surface area contributed by atoms with Gasteiger partial charge in [0.05, 0.1) is 10.7 Å². The number of nitrogens with one attached hydrogen (secondary N) is 1. The molecule has 0 aliphatic carbocycles. The van der Waals surface area contributed by atoms with Gasteiger partial charge >= 0.3 is 0 Å². The molecular weight excluding hydrogens is 386 g/mol. The van der Waals surface area contributed by atoms with Gasteiger partial charge in [0.15, 0.2) is 5.16 Å². The Morgan fingerprint density at radius 1 is 1.28 bits per heavy atom. The van der Waals surface area contributed by atoms with E-state index in [0.29, 0.717) is 15.7 Å². The van der Waals surface area contributed by atoms with Gasteiger partial charge in [0.1, 0.15) is 16.7 Å². The molecule has 0 aliphatic rings. The lowest BCUT2D eigenvalue weighted by Gasteiger charge is -2.11. The summed E-state index contributed by atoms with van der Waals surface area (Å²) < 4.78 is 17.0. The molecule has 0 fully saturated rings. The molecule has 3 rings (SSSR count).